The van der Waals surface area contributed by atoms with Gasteiger partial charge in [-0.1, -0.05) is 18.2 Å². The van der Waals surface area contributed by atoms with E-state index in [9.17, 15) is 0 Å². The number of thiazole rings is 1. The summed E-state index contributed by atoms with van der Waals surface area (Å²) in [6.45, 7) is 7.48. The van der Waals surface area contributed by atoms with Gasteiger partial charge in [0.15, 0.2) is 5.96 Å². The third-order valence-corrected chi connectivity index (χ3v) is 4.19. The number of rotatable bonds is 6. The molecule has 2 N–H and O–H groups in total. The van der Waals surface area contributed by atoms with Crippen LogP contribution in [-0.2, 0) is 6.54 Å². The van der Waals surface area contributed by atoms with Crippen molar-refractivity contribution in [3.05, 3.63) is 45.9 Å². The monoisotopic (exact) mass is 460 g/mol. The highest BCUT2D eigenvalue weighted by atomic mass is 127. The maximum absolute atomic E-state index is 5.95. The first-order valence-electron chi connectivity index (χ1n) is 7.66. The highest BCUT2D eigenvalue weighted by molar-refractivity contribution is 14.0. The van der Waals surface area contributed by atoms with Gasteiger partial charge in [0.05, 0.1) is 13.1 Å². The molecule has 1 aromatic heterocycles. The Morgan fingerprint density at radius 2 is 2.04 bits per heavy atom. The highest BCUT2D eigenvalue weighted by Gasteiger charge is 2.07. The fourth-order valence-electron chi connectivity index (χ4n) is 2.05. The summed E-state index contributed by atoms with van der Waals surface area (Å²) in [6, 6.07) is 8.03. The van der Waals surface area contributed by atoms with Crippen LogP contribution in [0.5, 0.6) is 5.75 Å². The molecular formula is C17H25IN4OS. The van der Waals surface area contributed by atoms with E-state index in [4.69, 9.17) is 4.74 Å². The van der Waals surface area contributed by atoms with Gasteiger partial charge in [-0.25, -0.2) is 4.98 Å². The van der Waals surface area contributed by atoms with Crippen LogP contribution in [0, 0.1) is 13.8 Å². The standard InChI is InChI=1S/C17H24N4OS.HI/c1-12-7-5-6-8-15(12)22-13(2)9-20-17(18-4)21-11-16-19-10-14(3)23-16;/h5-8,10,13H,9,11H2,1-4H3,(H2,18,20,21);1H. The normalized spacial score (nSPS) is 12.2. The molecule has 0 aliphatic rings. The average Bonchev–Trinajstić information content (AvgIpc) is 2.95. The van der Waals surface area contributed by atoms with Crippen LogP contribution < -0.4 is 15.4 Å². The van der Waals surface area contributed by atoms with Crippen molar-refractivity contribution in [1.29, 1.82) is 0 Å². The number of nitrogens with one attached hydrogen (secondary N) is 2. The first-order chi connectivity index (χ1) is 11.1. The molecule has 0 amide bonds. The van der Waals surface area contributed by atoms with Crippen molar-refractivity contribution in [1.82, 2.24) is 15.6 Å². The van der Waals surface area contributed by atoms with E-state index < -0.39 is 0 Å². The van der Waals surface area contributed by atoms with Crippen molar-refractivity contribution in [3.8, 4) is 5.75 Å². The number of hydrogen-bond acceptors (Lipinski definition) is 4. The maximum atomic E-state index is 5.95. The molecule has 0 spiro atoms. The Balaban J connectivity index is 0.00000288. The first kappa shape index (κ1) is 20.7. The minimum atomic E-state index is 0. The Morgan fingerprint density at radius 1 is 1.29 bits per heavy atom. The second kappa shape index (κ2) is 10.5. The maximum Gasteiger partial charge on any atom is 0.191 e. The van der Waals surface area contributed by atoms with E-state index in [2.05, 4.69) is 27.5 Å². The number of nitrogens with zero attached hydrogens (tertiary/aromatic N) is 2. The van der Waals surface area contributed by atoms with Gasteiger partial charge >= 0.3 is 0 Å². The molecule has 1 unspecified atom stereocenters. The Kier molecular flexibility index (Phi) is 9.05. The van der Waals surface area contributed by atoms with E-state index in [-0.39, 0.29) is 30.1 Å². The van der Waals surface area contributed by atoms with Crippen LogP contribution in [0.1, 0.15) is 22.4 Å². The van der Waals surface area contributed by atoms with Gasteiger partial charge in [0.2, 0.25) is 0 Å². The fraction of sp³-hybridized carbons (Fsp3) is 0.412. The van der Waals surface area contributed by atoms with E-state index in [0.29, 0.717) is 13.1 Å². The van der Waals surface area contributed by atoms with Crippen LogP contribution >= 0.6 is 35.3 Å². The lowest BCUT2D eigenvalue weighted by Gasteiger charge is -2.18. The second-order valence-electron chi connectivity index (χ2n) is 5.37. The van der Waals surface area contributed by atoms with Crippen LogP contribution in [0.15, 0.2) is 35.5 Å². The molecule has 0 bridgehead atoms. The average molecular weight is 460 g/mol. The number of aromatic nitrogens is 1. The Bertz CT molecular complexity index is 660. The number of halogens is 1. The second-order valence-corrected chi connectivity index (χ2v) is 6.68. The van der Waals surface area contributed by atoms with Gasteiger partial charge in [0, 0.05) is 18.1 Å². The number of aliphatic imine (C=N–C) groups is 1. The molecule has 0 saturated heterocycles. The van der Waals surface area contributed by atoms with Gasteiger partial charge < -0.3 is 15.4 Å². The number of para-hydroxylation sites is 1. The van der Waals surface area contributed by atoms with E-state index >= 15 is 0 Å². The van der Waals surface area contributed by atoms with Gasteiger partial charge in [0.1, 0.15) is 16.9 Å². The van der Waals surface area contributed by atoms with Crippen LogP contribution in [0.2, 0.25) is 0 Å². The van der Waals surface area contributed by atoms with E-state index in [0.717, 1.165) is 22.3 Å². The molecule has 2 rings (SSSR count). The predicted octanol–water partition coefficient (Wildman–Crippen LogP) is 3.51. The molecule has 1 heterocycles. The Labute approximate surface area is 165 Å². The summed E-state index contributed by atoms with van der Waals surface area (Å²) < 4.78 is 5.95. The van der Waals surface area contributed by atoms with E-state index in [1.165, 1.54) is 4.88 Å². The number of guanidine groups is 1. The molecule has 7 heteroatoms. The smallest absolute Gasteiger partial charge is 0.191 e. The lowest BCUT2D eigenvalue weighted by molar-refractivity contribution is 0.222. The van der Waals surface area contributed by atoms with Crippen molar-refractivity contribution in [3.63, 3.8) is 0 Å². The van der Waals surface area contributed by atoms with Crippen LogP contribution in [-0.4, -0.2) is 30.6 Å². The van der Waals surface area contributed by atoms with E-state index in [1.807, 2.05) is 44.3 Å². The predicted molar refractivity (Wildman–Crippen MR) is 112 cm³/mol. The van der Waals surface area contributed by atoms with Crippen molar-refractivity contribution < 1.29 is 4.74 Å². The molecule has 0 aliphatic heterocycles. The van der Waals surface area contributed by atoms with Crippen LogP contribution in [0.25, 0.3) is 0 Å². The van der Waals surface area contributed by atoms with Crippen molar-refractivity contribution in [2.24, 2.45) is 4.99 Å². The first-order valence-corrected chi connectivity index (χ1v) is 8.48. The molecule has 1 aromatic carbocycles. The number of aryl methyl sites for hydroxylation is 2. The molecular weight excluding hydrogens is 435 g/mol. The Hall–Kier alpha value is -1.35. The summed E-state index contributed by atoms with van der Waals surface area (Å²) in [5, 5.41) is 7.59. The summed E-state index contributed by atoms with van der Waals surface area (Å²) in [4.78, 5) is 9.77. The summed E-state index contributed by atoms with van der Waals surface area (Å²) in [7, 11) is 1.76. The highest BCUT2D eigenvalue weighted by Crippen LogP contribution is 2.17. The molecule has 132 valence electrons. The molecule has 0 radical (unpaired) electrons. The van der Waals surface area contributed by atoms with Gasteiger partial charge in [-0.15, -0.1) is 35.3 Å². The molecule has 1 atom stereocenters. The number of benzene rings is 1. The van der Waals surface area contributed by atoms with Crippen LogP contribution in [0.3, 0.4) is 0 Å². The van der Waals surface area contributed by atoms with Gasteiger partial charge in [-0.3, -0.25) is 4.99 Å². The molecule has 0 fully saturated rings. The summed E-state index contributed by atoms with van der Waals surface area (Å²) in [5.41, 5.74) is 1.14. The molecule has 2 aromatic rings. The molecule has 5 nitrogen and oxygen atoms in total. The topological polar surface area (TPSA) is 58.5 Å². The van der Waals surface area contributed by atoms with Gasteiger partial charge in [0.25, 0.3) is 0 Å². The SMILES string of the molecule is CN=C(NCc1ncc(C)s1)NCC(C)Oc1ccccc1C.I. The van der Waals surface area contributed by atoms with Crippen LogP contribution in [0.4, 0.5) is 0 Å². The Morgan fingerprint density at radius 3 is 2.67 bits per heavy atom. The third kappa shape index (κ3) is 6.64. The zero-order valence-corrected chi connectivity index (χ0v) is 17.6. The van der Waals surface area contributed by atoms with Gasteiger partial charge in [-0.2, -0.15) is 0 Å². The largest absolute Gasteiger partial charge is 0.489 e. The number of ether oxygens (including phenoxy) is 1. The van der Waals surface area contributed by atoms with Crippen molar-refractivity contribution >= 4 is 41.3 Å². The van der Waals surface area contributed by atoms with Crippen molar-refractivity contribution in [2.75, 3.05) is 13.6 Å². The summed E-state index contributed by atoms with van der Waals surface area (Å²) >= 11 is 1.69. The van der Waals surface area contributed by atoms with Gasteiger partial charge in [-0.05, 0) is 32.4 Å². The summed E-state index contributed by atoms with van der Waals surface area (Å²) in [6.07, 6.45) is 1.92. The lowest BCUT2D eigenvalue weighted by Crippen LogP contribution is -2.41. The number of hydrogen-bond donors (Lipinski definition) is 2. The third-order valence-electron chi connectivity index (χ3n) is 3.28. The van der Waals surface area contributed by atoms with Crippen molar-refractivity contribution in [2.45, 2.75) is 33.4 Å². The minimum Gasteiger partial charge on any atom is -0.489 e. The lowest BCUT2D eigenvalue weighted by atomic mass is 10.2. The minimum absolute atomic E-state index is 0. The van der Waals surface area contributed by atoms with E-state index in [1.54, 1.807) is 18.4 Å². The molecule has 0 aliphatic carbocycles. The zero-order valence-electron chi connectivity index (χ0n) is 14.5. The zero-order chi connectivity index (χ0) is 16.7. The molecule has 0 saturated carbocycles. The summed E-state index contributed by atoms with van der Waals surface area (Å²) in [5.74, 6) is 1.67. The fourth-order valence-corrected chi connectivity index (χ4v) is 2.78. The quantitative estimate of drug-likeness (QED) is 0.394. The molecule has 24 heavy (non-hydrogen) atoms.